The Labute approximate surface area is 120 Å². The summed E-state index contributed by atoms with van der Waals surface area (Å²) in [4.78, 5) is 11.0. The first-order valence-electron chi connectivity index (χ1n) is 5.88. The van der Waals surface area contributed by atoms with E-state index in [1.54, 1.807) is 0 Å². The van der Waals surface area contributed by atoms with Crippen molar-refractivity contribution in [2.24, 2.45) is 0 Å². The lowest BCUT2D eigenvalue weighted by Gasteiger charge is -2.32. The largest absolute Gasteiger partial charge is 0.461 e. The lowest BCUT2D eigenvalue weighted by molar-refractivity contribution is -0.253. The molecule has 1 heterocycles. The van der Waals surface area contributed by atoms with E-state index in [9.17, 15) is 31.1 Å². The number of carbonyl (C=O) groups excluding carboxylic acids is 1. The number of rotatable bonds is 4. The Morgan fingerprint density at radius 1 is 1.36 bits per heavy atom. The van der Waals surface area contributed by atoms with Crippen molar-refractivity contribution in [2.45, 2.75) is 24.5 Å². The van der Waals surface area contributed by atoms with Gasteiger partial charge in [-0.15, -0.1) is 0 Å². The second-order valence-electron chi connectivity index (χ2n) is 4.45. The molecule has 0 aliphatic carbocycles. The summed E-state index contributed by atoms with van der Waals surface area (Å²) >= 11 is 0. The average Bonchev–Trinajstić information content (AvgIpc) is 2.41. The minimum absolute atomic E-state index is 0.288. The van der Waals surface area contributed by atoms with Crippen LogP contribution < -0.4 is 10.1 Å². The van der Waals surface area contributed by atoms with E-state index in [0.717, 1.165) is 24.3 Å². The summed E-state index contributed by atoms with van der Waals surface area (Å²) in [5.74, 6) is -4.24. The number of alkyl carbamates (subject to hydrolysis) is 1. The molecule has 2 rings (SSSR count). The highest BCUT2D eigenvalue weighted by Gasteiger charge is 2.47. The third-order valence-electron chi connectivity index (χ3n) is 2.78. The highest BCUT2D eigenvalue weighted by molar-refractivity contribution is 5.69. The topological polar surface area (TPSA) is 47.6 Å². The maximum Gasteiger partial charge on any atom is 0.461 e. The van der Waals surface area contributed by atoms with E-state index in [2.05, 4.69) is 9.47 Å². The van der Waals surface area contributed by atoms with Gasteiger partial charge in [-0.3, -0.25) is 0 Å². The van der Waals surface area contributed by atoms with Crippen molar-refractivity contribution in [1.82, 2.24) is 5.32 Å². The van der Waals surface area contributed by atoms with Gasteiger partial charge in [-0.05, 0) is 17.7 Å². The number of ether oxygens (including phenoxy) is 2. The van der Waals surface area contributed by atoms with Crippen LogP contribution in [0.4, 0.5) is 31.1 Å². The number of halogens is 6. The standard InChI is InChI=1S/C12H9F6NO3/c13-9(14)12(17,18)22-7-3-1-2-6(4-7)8-11(15,16)5-21-10(20)19-8/h1-4,8-9H,5H2,(H,19,20)/t8-/m0/s1. The Kier molecular flexibility index (Phi) is 4.12. The van der Waals surface area contributed by atoms with Crippen LogP contribution in [-0.4, -0.2) is 31.2 Å². The van der Waals surface area contributed by atoms with Crippen LogP contribution in [0.2, 0.25) is 0 Å². The zero-order valence-electron chi connectivity index (χ0n) is 10.7. The number of carbonyl (C=O) groups is 1. The molecule has 1 aromatic carbocycles. The fraction of sp³-hybridized carbons (Fsp3) is 0.417. The molecule has 0 aromatic heterocycles. The normalized spacial score (nSPS) is 21.2. The lowest BCUT2D eigenvalue weighted by Crippen LogP contribution is -2.49. The number of benzene rings is 1. The molecule has 0 bridgehead atoms. The van der Waals surface area contributed by atoms with E-state index < -0.39 is 42.9 Å². The molecular formula is C12H9F6NO3. The van der Waals surface area contributed by atoms with E-state index in [0.29, 0.717) is 0 Å². The van der Waals surface area contributed by atoms with Crippen LogP contribution in [0.5, 0.6) is 5.75 Å². The first-order valence-corrected chi connectivity index (χ1v) is 5.88. The van der Waals surface area contributed by atoms with Crippen molar-refractivity contribution in [3.8, 4) is 5.75 Å². The number of hydrogen-bond donors (Lipinski definition) is 1. The van der Waals surface area contributed by atoms with Crippen LogP contribution in [0.15, 0.2) is 24.3 Å². The van der Waals surface area contributed by atoms with Gasteiger partial charge < -0.3 is 14.8 Å². The number of nitrogens with one attached hydrogen (secondary N) is 1. The Morgan fingerprint density at radius 2 is 2.05 bits per heavy atom. The summed E-state index contributed by atoms with van der Waals surface area (Å²) in [5, 5.41) is 1.83. The first kappa shape index (κ1) is 16.2. The predicted octanol–water partition coefficient (Wildman–Crippen LogP) is 3.34. The fourth-order valence-corrected chi connectivity index (χ4v) is 1.80. The van der Waals surface area contributed by atoms with Gasteiger partial charge in [0, 0.05) is 0 Å². The molecule has 1 aliphatic heterocycles. The molecule has 10 heteroatoms. The molecule has 0 unspecified atom stereocenters. The molecule has 1 N–H and O–H groups in total. The van der Waals surface area contributed by atoms with Crippen molar-refractivity contribution < 1.29 is 40.6 Å². The smallest absolute Gasteiger partial charge is 0.443 e. The second-order valence-corrected chi connectivity index (χ2v) is 4.45. The van der Waals surface area contributed by atoms with E-state index in [1.165, 1.54) is 0 Å². The van der Waals surface area contributed by atoms with Gasteiger partial charge >= 0.3 is 24.5 Å². The summed E-state index contributed by atoms with van der Waals surface area (Å²) in [6.07, 6.45) is -9.96. The molecule has 1 aromatic rings. The van der Waals surface area contributed by atoms with E-state index in [-0.39, 0.29) is 5.56 Å². The van der Waals surface area contributed by atoms with Crippen LogP contribution in [0.25, 0.3) is 0 Å². The Hall–Kier alpha value is -2.13. The molecule has 1 amide bonds. The van der Waals surface area contributed by atoms with Crippen molar-refractivity contribution in [3.05, 3.63) is 29.8 Å². The van der Waals surface area contributed by atoms with Gasteiger partial charge in [0.2, 0.25) is 0 Å². The van der Waals surface area contributed by atoms with Crippen LogP contribution in [-0.2, 0) is 4.74 Å². The third kappa shape index (κ3) is 3.37. The molecular weight excluding hydrogens is 320 g/mol. The summed E-state index contributed by atoms with van der Waals surface area (Å²) in [6, 6.07) is 1.94. The summed E-state index contributed by atoms with van der Waals surface area (Å²) in [7, 11) is 0. The van der Waals surface area contributed by atoms with E-state index >= 15 is 0 Å². The number of cyclic esters (lactones) is 1. The second kappa shape index (κ2) is 5.58. The average molecular weight is 329 g/mol. The third-order valence-corrected chi connectivity index (χ3v) is 2.78. The molecule has 0 radical (unpaired) electrons. The van der Waals surface area contributed by atoms with Crippen molar-refractivity contribution >= 4 is 6.09 Å². The van der Waals surface area contributed by atoms with Gasteiger partial charge in [0.25, 0.3) is 0 Å². The number of amides is 1. The van der Waals surface area contributed by atoms with Gasteiger partial charge in [0.05, 0.1) is 0 Å². The number of alkyl halides is 6. The first-order chi connectivity index (χ1) is 10.1. The van der Waals surface area contributed by atoms with Gasteiger partial charge in [-0.1, -0.05) is 12.1 Å². The van der Waals surface area contributed by atoms with Crippen LogP contribution >= 0.6 is 0 Å². The van der Waals surface area contributed by atoms with Crippen molar-refractivity contribution in [2.75, 3.05) is 6.61 Å². The van der Waals surface area contributed by atoms with Crippen LogP contribution in [0.3, 0.4) is 0 Å². The zero-order chi connectivity index (χ0) is 16.5. The minimum Gasteiger partial charge on any atom is -0.443 e. The van der Waals surface area contributed by atoms with Gasteiger partial charge in [0.15, 0.2) is 6.61 Å². The summed E-state index contributed by atoms with van der Waals surface area (Å²) < 4.78 is 85.0. The van der Waals surface area contributed by atoms with Crippen LogP contribution in [0.1, 0.15) is 11.6 Å². The Balaban J connectivity index is 2.26. The summed E-state index contributed by atoms with van der Waals surface area (Å²) in [6.45, 7) is -1.19. The van der Waals surface area contributed by atoms with Crippen molar-refractivity contribution in [1.29, 1.82) is 0 Å². The zero-order valence-corrected chi connectivity index (χ0v) is 10.7. The quantitative estimate of drug-likeness (QED) is 0.862. The highest BCUT2D eigenvalue weighted by Crippen LogP contribution is 2.36. The maximum atomic E-state index is 13.7. The molecule has 1 fully saturated rings. The molecule has 1 aliphatic rings. The SMILES string of the molecule is O=C1N[C@@H](c2cccc(OC(F)(F)C(F)F)c2)C(F)(F)CO1. The minimum atomic E-state index is -4.76. The van der Waals surface area contributed by atoms with Crippen molar-refractivity contribution in [3.63, 3.8) is 0 Å². The summed E-state index contributed by atoms with van der Waals surface area (Å²) in [5.41, 5.74) is -0.288. The molecule has 0 saturated carbocycles. The molecule has 1 saturated heterocycles. The van der Waals surface area contributed by atoms with Gasteiger partial charge in [-0.25, -0.2) is 13.6 Å². The van der Waals surface area contributed by atoms with Gasteiger partial charge in [0.1, 0.15) is 11.8 Å². The highest BCUT2D eigenvalue weighted by atomic mass is 19.3. The molecule has 0 spiro atoms. The predicted molar refractivity (Wildman–Crippen MR) is 60.2 cm³/mol. The number of hydrogen-bond acceptors (Lipinski definition) is 3. The fourth-order valence-electron chi connectivity index (χ4n) is 1.80. The molecule has 122 valence electrons. The van der Waals surface area contributed by atoms with Gasteiger partial charge in [-0.2, -0.15) is 17.6 Å². The molecule has 1 atom stereocenters. The van der Waals surface area contributed by atoms with E-state index in [1.807, 2.05) is 5.32 Å². The Bertz CT molecular complexity index is 566. The maximum absolute atomic E-state index is 13.7. The monoisotopic (exact) mass is 329 g/mol. The molecule has 4 nitrogen and oxygen atoms in total. The molecule has 22 heavy (non-hydrogen) atoms. The van der Waals surface area contributed by atoms with E-state index in [4.69, 9.17) is 0 Å². The van der Waals surface area contributed by atoms with Crippen LogP contribution in [0, 0.1) is 0 Å². The Morgan fingerprint density at radius 3 is 2.68 bits per heavy atom. The lowest BCUT2D eigenvalue weighted by atomic mass is 10.00.